The summed E-state index contributed by atoms with van der Waals surface area (Å²) < 4.78 is 0. The number of pyridine rings is 1. The Hall–Kier alpha value is -11.3. The first-order valence-electron chi connectivity index (χ1n) is 36.2. The van der Waals surface area contributed by atoms with Gasteiger partial charge in [0.25, 0.3) is 13.4 Å². The largest absolute Gasteiger partial charge is 0.311 e. The highest BCUT2D eigenvalue weighted by molar-refractivity contribution is 7.03. The molecule has 5 heterocycles. The average Bonchev–Trinajstić information content (AvgIpc) is 0.664. The second kappa shape index (κ2) is 24.2. The van der Waals surface area contributed by atoms with Gasteiger partial charge in [0.2, 0.25) is 0 Å². The molecule has 0 fully saturated rings. The summed E-state index contributed by atoms with van der Waals surface area (Å²) in [7, 11) is 0. The van der Waals surface area contributed by atoms with Gasteiger partial charge in [-0.25, -0.2) is 4.98 Å². The van der Waals surface area contributed by atoms with Gasteiger partial charge in [-0.2, -0.15) is 0 Å². The molecular formula is C93H85B2N7. The number of nitrogens with zero attached hydrogens (tertiary/aromatic N) is 7. The number of hydrogen-bond donors (Lipinski definition) is 0. The molecule has 12 aromatic carbocycles. The van der Waals surface area contributed by atoms with E-state index in [9.17, 15) is 0 Å². The van der Waals surface area contributed by atoms with Crippen molar-refractivity contribution >= 4 is 149 Å². The minimum atomic E-state index is -0.241. The lowest BCUT2D eigenvalue weighted by atomic mass is 9.30. The zero-order valence-electron chi connectivity index (χ0n) is 60.6. The van der Waals surface area contributed by atoms with Crippen LogP contribution in [-0.4, -0.2) is 18.4 Å². The number of anilines is 18. The molecule has 7 nitrogen and oxygen atoms in total. The molecule has 0 N–H and O–H groups in total. The van der Waals surface area contributed by atoms with Crippen LogP contribution in [0.2, 0.25) is 0 Å². The quantitative estimate of drug-likeness (QED) is 0.126. The molecule has 0 bridgehead atoms. The van der Waals surface area contributed by atoms with E-state index in [1.165, 1.54) is 44.1 Å². The second-order valence-corrected chi connectivity index (χ2v) is 32.1. The van der Waals surface area contributed by atoms with Crippen molar-refractivity contribution in [2.75, 3.05) is 29.4 Å². The van der Waals surface area contributed by atoms with Crippen molar-refractivity contribution in [3.8, 4) is 0 Å². The molecule has 0 radical (unpaired) electrons. The smallest absolute Gasteiger partial charge is 0.254 e. The predicted octanol–water partition coefficient (Wildman–Crippen LogP) is 21.4. The van der Waals surface area contributed by atoms with Gasteiger partial charge >= 0.3 is 0 Å². The van der Waals surface area contributed by atoms with E-state index < -0.39 is 0 Å². The van der Waals surface area contributed by atoms with Crippen LogP contribution in [0.3, 0.4) is 0 Å². The molecule has 0 spiro atoms. The number of aromatic nitrogens is 1. The van der Waals surface area contributed by atoms with Gasteiger partial charge in [0.05, 0.1) is 11.4 Å². The molecule has 0 aliphatic carbocycles. The van der Waals surface area contributed by atoms with Crippen LogP contribution in [0.25, 0.3) is 0 Å². The summed E-state index contributed by atoms with van der Waals surface area (Å²) in [4.78, 5) is 21.4. The third-order valence-corrected chi connectivity index (χ3v) is 21.4. The standard InChI is InChI=1S/C93H85B2N7/c1-90(2,3)62-41-49-70(50-42-62)97(71-51-43-63(44-52-71)91(4,5)6)74-57-82-86-84(59-74)101(68-33-21-15-22-34-68)88-78(94(86)76-37-25-27-39-80(76)99(82)66-29-17-13-18-30-66)61-79-89(96-88)102(69-35-23-16-24-36-69)85-60-75(58-83-87(85)95(79)77-38-26-28-40-81(77)100(83)67-31-19-14-20-32-67)98(72-53-45-64(46-54-72)92(7,8)9)73-55-47-65(48-56-73)93(10,11)12/h13-61H,1-12H3. The zero-order chi connectivity index (χ0) is 70.1. The Bertz CT molecular complexity index is 4880. The van der Waals surface area contributed by atoms with Gasteiger partial charge in [-0.3, -0.25) is 9.80 Å². The van der Waals surface area contributed by atoms with Gasteiger partial charge in [-0.05, 0) is 210 Å². The molecule has 4 aliphatic rings. The van der Waals surface area contributed by atoms with Gasteiger partial charge in [0.15, 0.2) is 0 Å². The minimum absolute atomic E-state index is 0.0358. The molecule has 9 heteroatoms. The second-order valence-electron chi connectivity index (χ2n) is 32.1. The summed E-state index contributed by atoms with van der Waals surface area (Å²) in [6, 6.07) is 112. The van der Waals surface area contributed by atoms with Crippen molar-refractivity contribution < 1.29 is 0 Å². The number of hydrogen-bond acceptors (Lipinski definition) is 7. The van der Waals surface area contributed by atoms with Gasteiger partial charge in [0.1, 0.15) is 11.6 Å². The van der Waals surface area contributed by atoms with Crippen LogP contribution >= 0.6 is 0 Å². The number of rotatable bonds is 10. The Balaban J connectivity index is 0.973. The fraction of sp³-hybridized carbons (Fsp3) is 0.172. The first-order valence-corrected chi connectivity index (χ1v) is 36.2. The Labute approximate surface area is 603 Å². The van der Waals surface area contributed by atoms with Crippen molar-refractivity contribution in [3.05, 3.63) is 320 Å². The van der Waals surface area contributed by atoms with Crippen LogP contribution in [-0.2, 0) is 21.7 Å². The van der Waals surface area contributed by atoms with Crippen LogP contribution in [0.15, 0.2) is 297 Å². The zero-order valence-corrected chi connectivity index (χ0v) is 60.6. The van der Waals surface area contributed by atoms with Gasteiger partial charge in [-0.1, -0.05) is 247 Å². The van der Waals surface area contributed by atoms with Crippen molar-refractivity contribution in [1.82, 2.24) is 4.98 Å². The van der Waals surface area contributed by atoms with E-state index >= 15 is 0 Å². The molecule has 0 saturated heterocycles. The first-order chi connectivity index (χ1) is 49.2. The monoisotopic (exact) mass is 1320 g/mol. The fourth-order valence-corrected chi connectivity index (χ4v) is 16.2. The van der Waals surface area contributed by atoms with E-state index in [-0.39, 0.29) is 35.1 Å². The summed E-state index contributed by atoms with van der Waals surface area (Å²) in [5.41, 5.74) is 29.4. The van der Waals surface area contributed by atoms with E-state index in [4.69, 9.17) is 4.98 Å². The molecule has 1 aromatic heterocycles. The van der Waals surface area contributed by atoms with E-state index in [1.807, 2.05) is 0 Å². The van der Waals surface area contributed by atoms with Crippen molar-refractivity contribution in [1.29, 1.82) is 0 Å². The topological polar surface area (TPSA) is 32.3 Å². The lowest BCUT2D eigenvalue weighted by Crippen LogP contribution is -2.65. The minimum Gasteiger partial charge on any atom is -0.311 e. The van der Waals surface area contributed by atoms with Crippen LogP contribution < -0.4 is 62.2 Å². The molecule has 498 valence electrons. The number of para-hydroxylation sites is 6. The number of fused-ring (bicyclic) bond motifs is 8. The summed E-state index contributed by atoms with van der Waals surface area (Å²) in [5.74, 6) is 1.77. The highest BCUT2D eigenvalue weighted by Crippen LogP contribution is 2.52. The molecular weight excluding hydrogens is 1240 g/mol. The van der Waals surface area contributed by atoms with Gasteiger partial charge in [-0.15, -0.1) is 0 Å². The molecule has 13 aromatic rings. The average molecular weight is 1320 g/mol. The van der Waals surface area contributed by atoms with E-state index in [0.29, 0.717) is 0 Å². The summed E-state index contributed by atoms with van der Waals surface area (Å²) in [6.45, 7) is 27.0. The maximum atomic E-state index is 6.48. The predicted molar refractivity (Wildman–Crippen MR) is 436 cm³/mol. The third-order valence-electron chi connectivity index (χ3n) is 21.4. The van der Waals surface area contributed by atoms with E-state index in [2.05, 4.69) is 410 Å². The Kier molecular flexibility index (Phi) is 15.2. The summed E-state index contributed by atoms with van der Waals surface area (Å²) >= 11 is 0. The molecule has 4 aliphatic heterocycles. The fourth-order valence-electron chi connectivity index (χ4n) is 16.2. The van der Waals surface area contributed by atoms with Crippen molar-refractivity contribution in [2.24, 2.45) is 0 Å². The highest BCUT2D eigenvalue weighted by atomic mass is 15.3. The maximum Gasteiger partial charge on any atom is 0.254 e. The van der Waals surface area contributed by atoms with Gasteiger partial charge in [0, 0.05) is 79.6 Å². The Morgan fingerprint density at radius 2 is 0.480 bits per heavy atom. The SMILES string of the molecule is CC(C)(C)c1ccc(N(c2ccc(C(C)(C)C)cc2)c2cc3c4c(c2)N(c2ccccc2)c2nc5c(cc2B4c2ccccc2N3c2ccccc2)B2c3ccccc3N(c3ccccc3)c3cc(N(c4ccc(C(C)(C)C)cc4)c4ccc(C(C)(C)C)cc4)cc(c32)N5c2ccccc2)cc1. The molecule has 17 rings (SSSR count). The van der Waals surface area contributed by atoms with Crippen molar-refractivity contribution in [3.63, 3.8) is 0 Å². The Morgan fingerprint density at radius 1 is 0.235 bits per heavy atom. The third kappa shape index (κ3) is 10.9. The first kappa shape index (κ1) is 64.1. The molecule has 0 amide bonds. The Morgan fingerprint density at radius 3 is 0.755 bits per heavy atom. The normalized spacial score (nSPS) is 13.6. The van der Waals surface area contributed by atoms with Gasteiger partial charge < -0.3 is 19.6 Å². The van der Waals surface area contributed by atoms with Crippen LogP contribution in [0.4, 0.5) is 103 Å². The summed E-state index contributed by atoms with van der Waals surface area (Å²) in [6.07, 6.45) is 0. The lowest BCUT2D eigenvalue weighted by molar-refractivity contribution is 0.590. The van der Waals surface area contributed by atoms with E-state index in [1.54, 1.807) is 0 Å². The lowest BCUT2D eigenvalue weighted by Gasteiger charge is -2.47. The number of benzene rings is 12. The maximum absolute atomic E-state index is 6.48. The highest BCUT2D eigenvalue weighted by Gasteiger charge is 2.50. The van der Waals surface area contributed by atoms with E-state index in [0.717, 1.165) is 114 Å². The van der Waals surface area contributed by atoms with Crippen LogP contribution in [0.1, 0.15) is 105 Å². The van der Waals surface area contributed by atoms with Crippen LogP contribution in [0.5, 0.6) is 0 Å². The molecule has 0 atom stereocenters. The molecule has 102 heavy (non-hydrogen) atoms. The summed E-state index contributed by atoms with van der Waals surface area (Å²) in [5, 5.41) is 0. The molecule has 0 unspecified atom stereocenters. The van der Waals surface area contributed by atoms with Crippen LogP contribution in [0, 0.1) is 0 Å². The van der Waals surface area contributed by atoms with Crippen molar-refractivity contribution in [2.45, 2.75) is 105 Å². The molecule has 0 saturated carbocycles.